The first-order valence-corrected chi connectivity index (χ1v) is 6.92. The number of nitrogens with one attached hydrogen (secondary N) is 1. The third-order valence-corrected chi connectivity index (χ3v) is 4.03. The summed E-state index contributed by atoms with van der Waals surface area (Å²) in [6, 6.07) is 3.93. The maximum atomic E-state index is 12.6. The first-order valence-electron chi connectivity index (χ1n) is 6.54. The topological polar surface area (TPSA) is 55.2 Å². The molecule has 2 rings (SSSR count). The Hall–Kier alpha value is -1.50. The number of alkyl halides is 3. The predicted octanol–water partition coefficient (Wildman–Crippen LogP) is 4.78. The quantitative estimate of drug-likeness (QED) is 0.643. The van der Waals surface area contributed by atoms with Crippen molar-refractivity contribution >= 4 is 23.0 Å². The average molecular weight is 323 g/mol. The molecule has 0 saturated heterocycles. The van der Waals surface area contributed by atoms with Crippen LogP contribution in [0.4, 0.5) is 24.5 Å². The number of anilines is 1. The fourth-order valence-electron chi connectivity index (χ4n) is 2.52. The van der Waals surface area contributed by atoms with E-state index >= 15 is 0 Å². The van der Waals surface area contributed by atoms with Crippen LogP contribution in [0.1, 0.15) is 25.7 Å². The molecule has 116 valence electrons. The van der Waals surface area contributed by atoms with Gasteiger partial charge in [-0.1, -0.05) is 11.6 Å². The van der Waals surface area contributed by atoms with Crippen LogP contribution in [0, 0.1) is 16.0 Å². The van der Waals surface area contributed by atoms with E-state index in [1.807, 2.05) is 0 Å². The van der Waals surface area contributed by atoms with Gasteiger partial charge in [-0.3, -0.25) is 10.1 Å². The number of nitrogens with zero attached hydrogens (tertiary/aromatic N) is 1. The Morgan fingerprint density at radius 1 is 1.24 bits per heavy atom. The number of halogens is 4. The maximum Gasteiger partial charge on any atom is 0.391 e. The molecule has 1 saturated carbocycles. The van der Waals surface area contributed by atoms with Crippen molar-refractivity contribution in [3.8, 4) is 0 Å². The summed E-state index contributed by atoms with van der Waals surface area (Å²) in [6.07, 6.45) is -3.15. The van der Waals surface area contributed by atoms with E-state index in [2.05, 4.69) is 5.32 Å². The summed E-state index contributed by atoms with van der Waals surface area (Å²) in [5.74, 6) is -1.23. The summed E-state index contributed by atoms with van der Waals surface area (Å²) < 4.78 is 37.7. The van der Waals surface area contributed by atoms with E-state index in [4.69, 9.17) is 11.6 Å². The molecule has 1 aromatic rings. The van der Waals surface area contributed by atoms with Crippen LogP contribution in [0.25, 0.3) is 0 Å². The number of rotatable bonds is 3. The molecule has 1 aliphatic carbocycles. The molecule has 1 aromatic carbocycles. The minimum absolute atomic E-state index is 0.0891. The molecule has 0 unspecified atom stereocenters. The van der Waals surface area contributed by atoms with E-state index in [-0.39, 0.29) is 29.6 Å². The van der Waals surface area contributed by atoms with Crippen LogP contribution in [-0.4, -0.2) is 17.1 Å². The standard InChI is InChI=1S/C13H14ClF3N2O2/c14-11-7-10(19(20)21)5-6-12(11)18-9-3-1-8(2-4-9)13(15,16)17/h5-9,18H,1-4H2. The van der Waals surface area contributed by atoms with Crippen molar-refractivity contribution in [2.45, 2.75) is 37.9 Å². The highest BCUT2D eigenvalue weighted by molar-refractivity contribution is 6.33. The Balaban J connectivity index is 1.96. The Kier molecular flexibility index (Phi) is 4.61. The summed E-state index contributed by atoms with van der Waals surface area (Å²) in [7, 11) is 0. The van der Waals surface area contributed by atoms with Crippen LogP contribution in [0.2, 0.25) is 5.02 Å². The number of hydrogen-bond acceptors (Lipinski definition) is 3. The zero-order valence-corrected chi connectivity index (χ0v) is 11.7. The molecular weight excluding hydrogens is 309 g/mol. The second-order valence-electron chi connectivity index (χ2n) is 5.16. The third kappa shape index (κ3) is 4.00. The van der Waals surface area contributed by atoms with Crippen molar-refractivity contribution in [1.29, 1.82) is 0 Å². The number of benzene rings is 1. The van der Waals surface area contributed by atoms with Gasteiger partial charge in [0.2, 0.25) is 0 Å². The Morgan fingerprint density at radius 3 is 2.33 bits per heavy atom. The van der Waals surface area contributed by atoms with Gasteiger partial charge in [0.25, 0.3) is 5.69 Å². The maximum absolute atomic E-state index is 12.6. The van der Waals surface area contributed by atoms with Gasteiger partial charge in [0, 0.05) is 18.2 Å². The van der Waals surface area contributed by atoms with Crippen LogP contribution in [0.5, 0.6) is 0 Å². The fraction of sp³-hybridized carbons (Fsp3) is 0.538. The molecule has 1 N–H and O–H groups in total. The van der Waals surface area contributed by atoms with Gasteiger partial charge in [-0.25, -0.2) is 0 Å². The van der Waals surface area contributed by atoms with Gasteiger partial charge in [-0.15, -0.1) is 0 Å². The van der Waals surface area contributed by atoms with Gasteiger partial charge < -0.3 is 5.32 Å². The smallest absolute Gasteiger partial charge is 0.381 e. The molecule has 0 aliphatic heterocycles. The van der Waals surface area contributed by atoms with E-state index < -0.39 is 17.0 Å². The highest BCUT2D eigenvalue weighted by Crippen LogP contribution is 2.38. The van der Waals surface area contributed by atoms with Crippen LogP contribution < -0.4 is 5.32 Å². The van der Waals surface area contributed by atoms with Crippen LogP contribution in [0.15, 0.2) is 18.2 Å². The SMILES string of the molecule is O=[N+]([O-])c1ccc(NC2CCC(C(F)(F)F)CC2)c(Cl)c1. The molecule has 0 bridgehead atoms. The van der Waals surface area contributed by atoms with Gasteiger partial charge in [-0.05, 0) is 31.7 Å². The first kappa shape index (κ1) is 15.9. The summed E-state index contributed by atoms with van der Waals surface area (Å²) in [5.41, 5.74) is 0.393. The van der Waals surface area contributed by atoms with Gasteiger partial charge in [-0.2, -0.15) is 13.2 Å². The molecule has 1 aliphatic rings. The molecular formula is C13H14ClF3N2O2. The third-order valence-electron chi connectivity index (χ3n) is 3.71. The van der Waals surface area contributed by atoms with E-state index in [0.29, 0.717) is 18.5 Å². The highest BCUT2D eigenvalue weighted by atomic mass is 35.5. The van der Waals surface area contributed by atoms with Crippen molar-refractivity contribution in [3.05, 3.63) is 33.3 Å². The second kappa shape index (κ2) is 6.09. The van der Waals surface area contributed by atoms with Crippen LogP contribution >= 0.6 is 11.6 Å². The fourth-order valence-corrected chi connectivity index (χ4v) is 2.75. The zero-order chi connectivity index (χ0) is 15.6. The molecule has 21 heavy (non-hydrogen) atoms. The number of nitro benzene ring substituents is 1. The van der Waals surface area contributed by atoms with Crippen LogP contribution in [-0.2, 0) is 0 Å². The van der Waals surface area contributed by atoms with Crippen molar-refractivity contribution in [1.82, 2.24) is 0 Å². The lowest BCUT2D eigenvalue weighted by Gasteiger charge is -2.31. The highest BCUT2D eigenvalue weighted by Gasteiger charge is 2.41. The van der Waals surface area contributed by atoms with Gasteiger partial charge in [0.05, 0.1) is 21.6 Å². The lowest BCUT2D eigenvalue weighted by Crippen LogP contribution is -2.32. The van der Waals surface area contributed by atoms with Crippen molar-refractivity contribution in [2.75, 3.05) is 5.32 Å². The van der Waals surface area contributed by atoms with Crippen LogP contribution in [0.3, 0.4) is 0 Å². The average Bonchev–Trinajstić information content (AvgIpc) is 2.40. The second-order valence-corrected chi connectivity index (χ2v) is 5.56. The summed E-state index contributed by atoms with van der Waals surface area (Å²) in [4.78, 5) is 10.1. The Morgan fingerprint density at radius 2 is 1.86 bits per heavy atom. The molecule has 0 heterocycles. The van der Waals surface area contributed by atoms with E-state index in [0.717, 1.165) is 0 Å². The number of nitro groups is 1. The van der Waals surface area contributed by atoms with Crippen molar-refractivity contribution < 1.29 is 18.1 Å². The first-order chi connectivity index (χ1) is 9.77. The lowest BCUT2D eigenvalue weighted by atomic mass is 9.85. The zero-order valence-electron chi connectivity index (χ0n) is 11.0. The molecule has 4 nitrogen and oxygen atoms in total. The number of non-ortho nitro benzene ring substituents is 1. The molecule has 1 fully saturated rings. The summed E-state index contributed by atoms with van der Waals surface area (Å²) in [6.45, 7) is 0. The van der Waals surface area contributed by atoms with Gasteiger partial charge >= 0.3 is 6.18 Å². The monoisotopic (exact) mass is 322 g/mol. The normalized spacial score (nSPS) is 22.9. The molecule has 0 aromatic heterocycles. The molecule has 0 atom stereocenters. The van der Waals surface area contributed by atoms with E-state index in [9.17, 15) is 23.3 Å². The van der Waals surface area contributed by atoms with Gasteiger partial charge in [0.1, 0.15) is 0 Å². The largest absolute Gasteiger partial charge is 0.391 e. The number of hydrogen-bond donors (Lipinski definition) is 1. The molecule has 8 heteroatoms. The minimum atomic E-state index is -4.13. The Labute approximate surface area is 124 Å². The summed E-state index contributed by atoms with van der Waals surface area (Å²) >= 11 is 5.95. The molecule has 0 amide bonds. The van der Waals surface area contributed by atoms with Gasteiger partial charge in [0.15, 0.2) is 0 Å². The minimum Gasteiger partial charge on any atom is -0.381 e. The molecule has 0 spiro atoms. The van der Waals surface area contributed by atoms with E-state index in [1.54, 1.807) is 0 Å². The van der Waals surface area contributed by atoms with E-state index in [1.165, 1.54) is 18.2 Å². The van der Waals surface area contributed by atoms with Crippen molar-refractivity contribution in [3.63, 3.8) is 0 Å². The van der Waals surface area contributed by atoms with Crippen molar-refractivity contribution in [2.24, 2.45) is 5.92 Å². The summed E-state index contributed by atoms with van der Waals surface area (Å²) in [5, 5.41) is 13.9. The molecule has 0 radical (unpaired) electrons. The Bertz CT molecular complexity index is 529. The lowest BCUT2D eigenvalue weighted by molar-refractivity contribution is -0.384. The predicted molar refractivity (Wildman–Crippen MR) is 73.5 cm³/mol.